The number of aliphatic imine (C=N–C) groups is 1. The maximum absolute atomic E-state index is 4.56. The molecule has 6 heteroatoms. The maximum Gasteiger partial charge on any atom is 0.193 e. The van der Waals surface area contributed by atoms with E-state index in [2.05, 4.69) is 51.6 Å². The van der Waals surface area contributed by atoms with E-state index >= 15 is 0 Å². The molecule has 0 aliphatic carbocycles. The van der Waals surface area contributed by atoms with Gasteiger partial charge in [0, 0.05) is 37.6 Å². The molecule has 1 aromatic rings. The van der Waals surface area contributed by atoms with Gasteiger partial charge in [-0.1, -0.05) is 13.0 Å². The van der Waals surface area contributed by atoms with Crippen molar-refractivity contribution in [1.29, 1.82) is 0 Å². The van der Waals surface area contributed by atoms with E-state index in [0.29, 0.717) is 12.0 Å². The Hall–Kier alpha value is -0.340. The molecule has 3 atom stereocenters. The molecule has 4 nitrogen and oxygen atoms in total. The van der Waals surface area contributed by atoms with Crippen molar-refractivity contribution in [3.05, 3.63) is 22.4 Å². The minimum Gasteiger partial charge on any atom is -0.356 e. The second kappa shape index (κ2) is 10.1. The quantitative estimate of drug-likeness (QED) is 0.406. The van der Waals surface area contributed by atoms with Crippen molar-refractivity contribution < 1.29 is 0 Å². The Bertz CT molecular complexity index is 534. The van der Waals surface area contributed by atoms with E-state index in [-0.39, 0.29) is 24.0 Å². The first-order chi connectivity index (χ1) is 11.7. The second-order valence-electron chi connectivity index (χ2n) is 7.46. The summed E-state index contributed by atoms with van der Waals surface area (Å²) in [7, 11) is 4.20. The molecule has 0 spiro atoms. The van der Waals surface area contributed by atoms with Crippen molar-refractivity contribution in [3.63, 3.8) is 0 Å². The standard InChI is InChI=1S/C19H32N4S.HI/c1-15-7-4-11-23(14-15)19(20-2)21-13-16-8-5-10-22(3)18(16)17-9-6-12-24-17;/h6,9,12,15-16,18H,4-5,7-8,10-11,13-14H2,1-3H3,(H,20,21);1H. The predicted octanol–water partition coefficient (Wildman–Crippen LogP) is 4.06. The van der Waals surface area contributed by atoms with Gasteiger partial charge in [-0.3, -0.25) is 9.89 Å². The third-order valence-electron chi connectivity index (χ3n) is 5.53. The van der Waals surface area contributed by atoms with Gasteiger partial charge in [-0.2, -0.15) is 0 Å². The molecule has 0 amide bonds. The number of nitrogens with zero attached hydrogens (tertiary/aromatic N) is 3. The summed E-state index contributed by atoms with van der Waals surface area (Å²) in [5, 5.41) is 5.90. The molecule has 3 heterocycles. The van der Waals surface area contributed by atoms with Crippen LogP contribution in [0.1, 0.15) is 43.5 Å². The average Bonchev–Trinajstić information content (AvgIpc) is 3.09. The Morgan fingerprint density at radius 1 is 1.32 bits per heavy atom. The van der Waals surface area contributed by atoms with Crippen LogP contribution in [0.3, 0.4) is 0 Å². The molecule has 25 heavy (non-hydrogen) atoms. The normalized spacial score (nSPS) is 28.5. The van der Waals surface area contributed by atoms with Gasteiger partial charge in [0.25, 0.3) is 0 Å². The monoisotopic (exact) mass is 476 g/mol. The molecule has 0 radical (unpaired) electrons. The summed E-state index contributed by atoms with van der Waals surface area (Å²) in [6.45, 7) is 6.85. The molecular weight excluding hydrogens is 443 g/mol. The van der Waals surface area contributed by atoms with Crippen LogP contribution in [0.15, 0.2) is 22.5 Å². The van der Waals surface area contributed by atoms with Crippen LogP contribution >= 0.6 is 35.3 Å². The first kappa shape index (κ1) is 21.0. The van der Waals surface area contributed by atoms with E-state index < -0.39 is 0 Å². The predicted molar refractivity (Wildman–Crippen MR) is 119 cm³/mol. The summed E-state index contributed by atoms with van der Waals surface area (Å²) >= 11 is 1.90. The Kier molecular flexibility index (Phi) is 8.48. The minimum absolute atomic E-state index is 0. The highest BCUT2D eigenvalue weighted by Gasteiger charge is 2.31. The van der Waals surface area contributed by atoms with Crippen LogP contribution in [0.5, 0.6) is 0 Å². The summed E-state index contributed by atoms with van der Waals surface area (Å²) in [5.41, 5.74) is 0. The molecule has 2 saturated heterocycles. The van der Waals surface area contributed by atoms with E-state index in [9.17, 15) is 0 Å². The molecule has 2 aliphatic rings. The zero-order valence-corrected chi connectivity index (χ0v) is 18.9. The number of nitrogens with one attached hydrogen (secondary N) is 1. The molecular formula is C19H33IN4S. The molecule has 1 aromatic heterocycles. The van der Waals surface area contributed by atoms with Gasteiger partial charge in [0.1, 0.15) is 0 Å². The second-order valence-corrected chi connectivity index (χ2v) is 8.44. The molecule has 2 aliphatic heterocycles. The van der Waals surface area contributed by atoms with Crippen molar-refractivity contribution in [3.8, 4) is 0 Å². The van der Waals surface area contributed by atoms with Crippen LogP contribution in [0.25, 0.3) is 0 Å². The lowest BCUT2D eigenvalue weighted by atomic mass is 9.88. The summed E-state index contributed by atoms with van der Waals surface area (Å²) in [6.07, 6.45) is 5.23. The number of rotatable bonds is 3. The molecule has 142 valence electrons. The number of hydrogen-bond donors (Lipinski definition) is 1. The molecule has 2 fully saturated rings. The Labute approximate surface area is 174 Å². The van der Waals surface area contributed by atoms with Gasteiger partial charge in [0.05, 0.1) is 0 Å². The number of thiophene rings is 1. The summed E-state index contributed by atoms with van der Waals surface area (Å²) in [4.78, 5) is 11.0. The van der Waals surface area contributed by atoms with E-state index in [0.717, 1.165) is 31.5 Å². The Morgan fingerprint density at radius 3 is 2.80 bits per heavy atom. The lowest BCUT2D eigenvalue weighted by Crippen LogP contribution is -2.49. The first-order valence-electron chi connectivity index (χ1n) is 9.38. The largest absolute Gasteiger partial charge is 0.356 e. The van der Waals surface area contributed by atoms with Crippen LogP contribution in [-0.2, 0) is 0 Å². The number of hydrogen-bond acceptors (Lipinski definition) is 3. The lowest BCUT2D eigenvalue weighted by Gasteiger charge is -2.40. The Morgan fingerprint density at radius 2 is 2.12 bits per heavy atom. The van der Waals surface area contributed by atoms with E-state index in [1.807, 2.05) is 18.4 Å². The highest BCUT2D eigenvalue weighted by Crippen LogP contribution is 2.36. The molecule has 3 rings (SSSR count). The molecule has 1 N–H and O–H groups in total. The third kappa shape index (κ3) is 5.32. The number of likely N-dealkylation sites (tertiary alicyclic amines) is 2. The van der Waals surface area contributed by atoms with Crippen LogP contribution in [0.4, 0.5) is 0 Å². The number of piperidine rings is 2. The molecule has 3 unspecified atom stereocenters. The fraction of sp³-hybridized carbons (Fsp3) is 0.737. The number of guanidine groups is 1. The summed E-state index contributed by atoms with van der Waals surface area (Å²) < 4.78 is 0. The van der Waals surface area contributed by atoms with E-state index in [1.54, 1.807) is 0 Å². The molecule has 0 bridgehead atoms. The summed E-state index contributed by atoms with van der Waals surface area (Å²) in [5.74, 6) is 2.53. The van der Waals surface area contributed by atoms with Gasteiger partial charge in [-0.15, -0.1) is 35.3 Å². The van der Waals surface area contributed by atoms with E-state index in [4.69, 9.17) is 0 Å². The molecule has 0 aromatic carbocycles. The fourth-order valence-corrected chi connectivity index (χ4v) is 5.30. The highest BCUT2D eigenvalue weighted by molar-refractivity contribution is 14.0. The van der Waals surface area contributed by atoms with Crippen molar-refractivity contribution in [2.45, 2.75) is 38.6 Å². The fourth-order valence-electron chi connectivity index (χ4n) is 4.32. The first-order valence-corrected chi connectivity index (χ1v) is 10.3. The summed E-state index contributed by atoms with van der Waals surface area (Å²) in [6, 6.07) is 5.02. The maximum atomic E-state index is 4.56. The van der Waals surface area contributed by atoms with Crippen molar-refractivity contribution in [2.24, 2.45) is 16.8 Å². The van der Waals surface area contributed by atoms with Gasteiger partial charge < -0.3 is 10.2 Å². The van der Waals surface area contributed by atoms with Crippen LogP contribution in [-0.4, -0.2) is 56.0 Å². The van der Waals surface area contributed by atoms with Gasteiger partial charge in [-0.05, 0) is 62.6 Å². The van der Waals surface area contributed by atoms with Crippen LogP contribution in [0, 0.1) is 11.8 Å². The van der Waals surface area contributed by atoms with Gasteiger partial charge >= 0.3 is 0 Å². The SMILES string of the molecule is CN=C(NCC1CCCN(C)C1c1cccs1)N1CCCC(C)C1.I. The smallest absolute Gasteiger partial charge is 0.193 e. The average molecular weight is 476 g/mol. The van der Waals surface area contributed by atoms with Gasteiger partial charge in [0.2, 0.25) is 0 Å². The minimum atomic E-state index is 0. The zero-order valence-electron chi connectivity index (χ0n) is 15.8. The van der Waals surface area contributed by atoms with E-state index in [1.165, 1.54) is 37.1 Å². The molecule has 0 saturated carbocycles. The topological polar surface area (TPSA) is 30.9 Å². The van der Waals surface area contributed by atoms with Crippen molar-refractivity contribution in [2.75, 3.05) is 40.3 Å². The zero-order chi connectivity index (χ0) is 16.9. The van der Waals surface area contributed by atoms with Crippen molar-refractivity contribution >= 4 is 41.3 Å². The highest BCUT2D eigenvalue weighted by atomic mass is 127. The third-order valence-corrected chi connectivity index (χ3v) is 6.48. The van der Waals surface area contributed by atoms with Crippen molar-refractivity contribution in [1.82, 2.24) is 15.1 Å². The van der Waals surface area contributed by atoms with Gasteiger partial charge in [-0.25, -0.2) is 0 Å². The van der Waals surface area contributed by atoms with Crippen LogP contribution < -0.4 is 5.32 Å². The van der Waals surface area contributed by atoms with Crippen LogP contribution in [0.2, 0.25) is 0 Å². The lowest BCUT2D eigenvalue weighted by molar-refractivity contribution is 0.124. The Balaban J connectivity index is 0.00000225. The number of halogens is 1. The van der Waals surface area contributed by atoms with Gasteiger partial charge in [0.15, 0.2) is 5.96 Å².